The molecule has 26 heavy (non-hydrogen) atoms. The van der Waals surface area contributed by atoms with Gasteiger partial charge in [-0.25, -0.2) is 8.42 Å². The number of hydrogen-bond acceptors (Lipinski definition) is 6. The van der Waals surface area contributed by atoms with Crippen LogP contribution in [0.3, 0.4) is 0 Å². The van der Waals surface area contributed by atoms with Crippen molar-refractivity contribution in [3.63, 3.8) is 0 Å². The number of rotatable bonds is 6. The van der Waals surface area contributed by atoms with Crippen molar-refractivity contribution in [1.29, 1.82) is 0 Å². The zero-order valence-electron chi connectivity index (χ0n) is 15.3. The highest BCUT2D eigenvalue weighted by atomic mass is 32.2. The molecule has 1 heterocycles. The van der Waals surface area contributed by atoms with Gasteiger partial charge in [-0.1, -0.05) is 0 Å². The molecule has 0 radical (unpaired) electrons. The zero-order chi connectivity index (χ0) is 19.3. The fraction of sp³-hybridized carbons (Fsp3) is 0.529. The van der Waals surface area contributed by atoms with Gasteiger partial charge in [0.1, 0.15) is 5.75 Å². The van der Waals surface area contributed by atoms with Gasteiger partial charge in [-0.2, -0.15) is 0 Å². The normalized spacial score (nSPS) is 18.5. The van der Waals surface area contributed by atoms with Crippen molar-refractivity contribution in [3.05, 3.63) is 24.3 Å². The summed E-state index contributed by atoms with van der Waals surface area (Å²) in [6.45, 7) is 0.833. The second kappa shape index (κ2) is 8.50. The van der Waals surface area contributed by atoms with Crippen molar-refractivity contribution < 1.29 is 22.7 Å². The van der Waals surface area contributed by atoms with Gasteiger partial charge in [-0.3, -0.25) is 9.59 Å². The number of carbonyl (C=O) groups excluding carboxylic acids is 2. The predicted octanol–water partition coefficient (Wildman–Crippen LogP) is 0.211. The Labute approximate surface area is 154 Å². The summed E-state index contributed by atoms with van der Waals surface area (Å²) in [5.41, 5.74) is 0.468. The molecule has 9 heteroatoms. The third kappa shape index (κ3) is 5.43. The van der Waals surface area contributed by atoms with Gasteiger partial charge in [0.25, 0.3) is 0 Å². The van der Waals surface area contributed by atoms with Crippen LogP contribution < -0.4 is 10.1 Å². The zero-order valence-corrected chi connectivity index (χ0v) is 16.1. The van der Waals surface area contributed by atoms with E-state index in [2.05, 4.69) is 5.32 Å². The Morgan fingerprint density at radius 2 is 1.85 bits per heavy atom. The van der Waals surface area contributed by atoms with Gasteiger partial charge in [-0.05, 0) is 44.8 Å². The first kappa shape index (κ1) is 20.2. The maximum Gasteiger partial charge on any atom is 0.313 e. The fourth-order valence-corrected chi connectivity index (χ4v) is 4.50. The standard InChI is InChI=1S/C17H25N3O5S/c1-19(2)9-10-20(14-8-11-26(23,24)12-14)17(22)16(21)18-13-4-6-15(25-3)7-5-13/h4-7,14H,8-12H2,1-3H3,(H,18,21). The first-order valence-corrected chi connectivity index (χ1v) is 10.1. The summed E-state index contributed by atoms with van der Waals surface area (Å²) in [7, 11) is 2.08. The van der Waals surface area contributed by atoms with Gasteiger partial charge >= 0.3 is 11.8 Å². The van der Waals surface area contributed by atoms with Gasteiger partial charge in [0.05, 0.1) is 18.6 Å². The average Bonchev–Trinajstić information content (AvgIpc) is 2.95. The Bertz CT molecular complexity index is 746. The van der Waals surface area contributed by atoms with Crippen LogP contribution in [0.25, 0.3) is 0 Å². The van der Waals surface area contributed by atoms with E-state index in [1.165, 1.54) is 12.0 Å². The molecule has 1 atom stereocenters. The van der Waals surface area contributed by atoms with Crippen LogP contribution in [-0.2, 0) is 19.4 Å². The van der Waals surface area contributed by atoms with E-state index in [-0.39, 0.29) is 11.5 Å². The third-order valence-corrected chi connectivity index (χ3v) is 5.99. The molecule has 8 nitrogen and oxygen atoms in total. The van der Waals surface area contributed by atoms with Crippen molar-refractivity contribution in [2.45, 2.75) is 12.5 Å². The van der Waals surface area contributed by atoms with E-state index in [0.29, 0.717) is 30.9 Å². The molecule has 1 aromatic carbocycles. The van der Waals surface area contributed by atoms with Crippen LogP contribution in [0.5, 0.6) is 5.75 Å². The number of carbonyl (C=O) groups is 2. The maximum absolute atomic E-state index is 12.7. The summed E-state index contributed by atoms with van der Waals surface area (Å²) >= 11 is 0. The molecule has 0 spiro atoms. The minimum Gasteiger partial charge on any atom is -0.497 e. The number of anilines is 1. The SMILES string of the molecule is COc1ccc(NC(=O)C(=O)N(CCN(C)C)C2CCS(=O)(=O)C2)cc1. The van der Waals surface area contributed by atoms with Crippen molar-refractivity contribution in [2.24, 2.45) is 0 Å². The Balaban J connectivity index is 2.09. The Morgan fingerprint density at radius 3 is 2.35 bits per heavy atom. The van der Waals surface area contributed by atoms with E-state index in [0.717, 1.165) is 0 Å². The van der Waals surface area contributed by atoms with E-state index in [4.69, 9.17) is 4.74 Å². The first-order chi connectivity index (χ1) is 12.2. The largest absolute Gasteiger partial charge is 0.497 e. The van der Waals surface area contributed by atoms with Crippen LogP contribution in [-0.4, -0.2) is 81.9 Å². The number of amides is 2. The Kier molecular flexibility index (Phi) is 6.60. The minimum atomic E-state index is -3.16. The summed E-state index contributed by atoms with van der Waals surface area (Å²) in [5, 5.41) is 2.56. The average molecular weight is 383 g/mol. The highest BCUT2D eigenvalue weighted by Crippen LogP contribution is 2.19. The van der Waals surface area contributed by atoms with Crippen molar-refractivity contribution in [2.75, 3.05) is 51.1 Å². The van der Waals surface area contributed by atoms with Crippen LogP contribution in [0, 0.1) is 0 Å². The topological polar surface area (TPSA) is 96.0 Å². The number of nitrogens with zero attached hydrogens (tertiary/aromatic N) is 2. The summed E-state index contributed by atoms with van der Waals surface area (Å²) in [6.07, 6.45) is 0.358. The molecule has 1 fully saturated rings. The van der Waals surface area contributed by atoms with E-state index in [1.54, 1.807) is 24.3 Å². The predicted molar refractivity (Wildman–Crippen MR) is 98.9 cm³/mol. The highest BCUT2D eigenvalue weighted by Gasteiger charge is 2.36. The quantitative estimate of drug-likeness (QED) is 0.706. The third-order valence-electron chi connectivity index (χ3n) is 4.24. The lowest BCUT2D eigenvalue weighted by atomic mass is 10.2. The van der Waals surface area contributed by atoms with Gasteiger partial charge in [0, 0.05) is 24.8 Å². The van der Waals surface area contributed by atoms with Crippen LogP contribution in [0.1, 0.15) is 6.42 Å². The Morgan fingerprint density at radius 1 is 1.19 bits per heavy atom. The van der Waals surface area contributed by atoms with Crippen molar-refractivity contribution >= 4 is 27.3 Å². The molecule has 1 N–H and O–H groups in total. The molecule has 1 unspecified atom stereocenters. The lowest BCUT2D eigenvalue weighted by molar-refractivity contribution is -0.144. The lowest BCUT2D eigenvalue weighted by Gasteiger charge is -2.28. The molecular formula is C17H25N3O5S. The summed E-state index contributed by atoms with van der Waals surface area (Å²) < 4.78 is 28.6. The maximum atomic E-state index is 12.7. The fourth-order valence-electron chi connectivity index (χ4n) is 2.77. The van der Waals surface area contributed by atoms with Crippen LogP contribution in [0.15, 0.2) is 24.3 Å². The number of hydrogen-bond donors (Lipinski definition) is 1. The molecule has 0 aromatic heterocycles. The molecule has 2 amide bonds. The summed E-state index contributed by atoms with van der Waals surface area (Å²) in [5.74, 6) is -0.910. The van der Waals surface area contributed by atoms with E-state index in [1.807, 2.05) is 19.0 Å². The highest BCUT2D eigenvalue weighted by molar-refractivity contribution is 7.91. The molecule has 0 aliphatic carbocycles. The van der Waals surface area contributed by atoms with E-state index >= 15 is 0 Å². The molecule has 1 aromatic rings. The van der Waals surface area contributed by atoms with Crippen molar-refractivity contribution in [3.8, 4) is 5.75 Å². The number of likely N-dealkylation sites (N-methyl/N-ethyl adjacent to an activating group) is 1. The van der Waals surface area contributed by atoms with Crippen LogP contribution >= 0.6 is 0 Å². The van der Waals surface area contributed by atoms with Crippen LogP contribution in [0.2, 0.25) is 0 Å². The van der Waals surface area contributed by atoms with Gasteiger partial charge in [-0.15, -0.1) is 0 Å². The van der Waals surface area contributed by atoms with Crippen molar-refractivity contribution in [1.82, 2.24) is 9.80 Å². The van der Waals surface area contributed by atoms with Gasteiger partial charge < -0.3 is 19.9 Å². The molecular weight excluding hydrogens is 358 g/mol. The lowest BCUT2D eigenvalue weighted by Crippen LogP contribution is -2.48. The van der Waals surface area contributed by atoms with Gasteiger partial charge in [0.2, 0.25) is 0 Å². The van der Waals surface area contributed by atoms with E-state index < -0.39 is 27.7 Å². The molecule has 0 bridgehead atoms. The molecule has 0 saturated carbocycles. The molecule has 144 valence electrons. The smallest absolute Gasteiger partial charge is 0.313 e. The second-order valence-electron chi connectivity index (χ2n) is 6.54. The second-order valence-corrected chi connectivity index (χ2v) is 8.77. The van der Waals surface area contributed by atoms with Gasteiger partial charge in [0.15, 0.2) is 9.84 Å². The number of sulfone groups is 1. The molecule has 1 saturated heterocycles. The summed E-state index contributed by atoms with van der Waals surface area (Å²) in [4.78, 5) is 28.3. The number of benzene rings is 1. The first-order valence-electron chi connectivity index (χ1n) is 8.33. The minimum absolute atomic E-state index is 0.0451. The Hall–Kier alpha value is -2.13. The van der Waals surface area contributed by atoms with Crippen LogP contribution in [0.4, 0.5) is 5.69 Å². The number of ether oxygens (including phenoxy) is 1. The van der Waals surface area contributed by atoms with E-state index in [9.17, 15) is 18.0 Å². The number of methoxy groups -OCH3 is 1. The molecule has 1 aliphatic rings. The molecule has 1 aliphatic heterocycles. The molecule has 2 rings (SSSR count). The monoisotopic (exact) mass is 383 g/mol. The number of nitrogens with one attached hydrogen (secondary N) is 1. The summed E-state index contributed by atoms with van der Waals surface area (Å²) in [6, 6.07) is 6.15.